The molecule has 0 saturated carbocycles. The van der Waals surface area contributed by atoms with Crippen LogP contribution in [0.5, 0.6) is 0 Å². The third-order valence-electron chi connectivity index (χ3n) is 5.93. The Kier molecular flexibility index (Phi) is 9.85. The fourth-order valence-corrected chi connectivity index (χ4v) is 6.52. The molecule has 2 aromatic carbocycles. The maximum atomic E-state index is 13.8. The van der Waals surface area contributed by atoms with Crippen LogP contribution in [-0.4, -0.2) is 62.4 Å². The summed E-state index contributed by atoms with van der Waals surface area (Å²) in [6.07, 6.45) is -1.30. The Balaban J connectivity index is 1.67. The number of benzene rings is 2. The van der Waals surface area contributed by atoms with Gasteiger partial charge in [0.25, 0.3) is 24.0 Å². The molecule has 2 aliphatic rings. The largest absolute Gasteiger partial charge is 0.460 e. The average Bonchev–Trinajstić information content (AvgIpc) is 2.96. The maximum Gasteiger partial charge on any atom is 0.355 e. The Labute approximate surface area is 245 Å². The molecule has 2 amide bonds. The first-order valence-corrected chi connectivity index (χ1v) is 15.3. The van der Waals surface area contributed by atoms with Crippen LogP contribution in [0.15, 0.2) is 71.9 Å². The van der Waals surface area contributed by atoms with E-state index in [9.17, 15) is 19.2 Å². The summed E-state index contributed by atoms with van der Waals surface area (Å²) in [4.78, 5) is 52.9. The number of nitrogens with one attached hydrogen (secondary N) is 1. The van der Waals surface area contributed by atoms with Gasteiger partial charge < -0.3 is 19.5 Å². The van der Waals surface area contributed by atoms with E-state index in [2.05, 4.69) is 43.8 Å². The van der Waals surface area contributed by atoms with Gasteiger partial charge in [-0.2, -0.15) is 0 Å². The second-order valence-electron chi connectivity index (χ2n) is 8.27. The van der Waals surface area contributed by atoms with E-state index in [0.717, 1.165) is 5.56 Å². The minimum atomic E-state index is -1.80. The lowest BCUT2D eigenvalue weighted by molar-refractivity contribution is -0.203. The summed E-state index contributed by atoms with van der Waals surface area (Å²) in [5.74, 6) is -1.54. The van der Waals surface area contributed by atoms with Crippen LogP contribution < -0.4 is 5.32 Å². The van der Waals surface area contributed by atoms with Crippen LogP contribution in [0.2, 0.25) is 0 Å². The first-order valence-electron chi connectivity index (χ1n) is 11.6. The molecule has 9 nitrogen and oxygen atoms in total. The van der Waals surface area contributed by atoms with Gasteiger partial charge in [0, 0.05) is 21.1 Å². The smallest absolute Gasteiger partial charge is 0.355 e. The summed E-state index contributed by atoms with van der Waals surface area (Å²) in [5, 5.41) is 2.35. The maximum absolute atomic E-state index is 13.8. The highest BCUT2D eigenvalue weighted by Crippen LogP contribution is 2.48. The Bertz CT molecular complexity index is 1220. The normalized spacial score (nSPS) is 21.2. The van der Waals surface area contributed by atoms with E-state index in [1.54, 1.807) is 30.3 Å². The third-order valence-corrected chi connectivity index (χ3v) is 8.42. The van der Waals surface area contributed by atoms with Crippen molar-refractivity contribution < 1.29 is 33.4 Å². The summed E-state index contributed by atoms with van der Waals surface area (Å²) < 4.78 is 17.2. The van der Waals surface area contributed by atoms with Gasteiger partial charge in [-0.1, -0.05) is 99.2 Å². The SMILES string of the molecule is O=COC(C(=O)NC1(OCc2ccccc2)C(=O)N2C(C(=O)OCCI)=C(CBr)CS[C@H]21)c1ccccc1. The standard InChI is InChI=1S/C26H24BrIN2O7S/c27-13-19-15-38-25-26(37-14-17-7-3-1-4-8-17,24(34)30(25)20(19)23(33)35-12-11-28)29-22(32)21(36-16-31)18-9-5-2-6-10-18/h1-10,16,21,25H,11-15H2,(H,29,32)/t21?,25-,26?/m0/s1. The number of carbonyl (C=O) groups excluding carboxylic acids is 4. The number of hydrogen-bond acceptors (Lipinski definition) is 8. The van der Waals surface area contributed by atoms with Gasteiger partial charge in [-0.05, 0) is 11.1 Å². The minimum Gasteiger partial charge on any atom is -0.460 e. The Morgan fingerprint density at radius 1 is 1.18 bits per heavy atom. The number of rotatable bonds is 12. The molecule has 4 rings (SSSR count). The number of carbonyl (C=O) groups is 4. The number of hydrogen-bond donors (Lipinski definition) is 1. The van der Waals surface area contributed by atoms with Gasteiger partial charge in [-0.25, -0.2) is 4.79 Å². The second-order valence-corrected chi connectivity index (χ2v) is 11.0. The topological polar surface area (TPSA) is 111 Å². The van der Waals surface area contributed by atoms with Gasteiger partial charge >= 0.3 is 5.97 Å². The highest BCUT2D eigenvalue weighted by atomic mass is 127. The summed E-state index contributed by atoms with van der Waals surface area (Å²) in [5.41, 5.74) is 0.267. The van der Waals surface area contributed by atoms with Crippen LogP contribution in [0.25, 0.3) is 0 Å². The first kappa shape index (κ1) is 28.6. The molecule has 2 aromatic rings. The summed E-state index contributed by atoms with van der Waals surface area (Å²) in [6.45, 7) is 0.406. The Hall–Kier alpha value is -2.42. The molecule has 38 heavy (non-hydrogen) atoms. The number of ether oxygens (including phenoxy) is 3. The number of β-lactam (4-membered cyclic amide) rings is 1. The molecule has 1 fully saturated rings. The monoisotopic (exact) mass is 714 g/mol. The van der Waals surface area contributed by atoms with E-state index in [1.807, 2.05) is 30.3 Å². The van der Waals surface area contributed by atoms with Crippen LogP contribution in [0.4, 0.5) is 0 Å². The zero-order valence-corrected chi connectivity index (χ0v) is 24.6. The van der Waals surface area contributed by atoms with Crippen molar-refractivity contribution in [2.24, 2.45) is 0 Å². The van der Waals surface area contributed by atoms with Crippen molar-refractivity contribution in [2.75, 3.05) is 22.1 Å². The van der Waals surface area contributed by atoms with Gasteiger partial charge in [0.15, 0.2) is 0 Å². The van der Waals surface area contributed by atoms with E-state index in [4.69, 9.17) is 14.2 Å². The average molecular weight is 715 g/mol. The molecule has 12 heteroatoms. The second kappa shape index (κ2) is 13.1. The van der Waals surface area contributed by atoms with Gasteiger partial charge in [-0.3, -0.25) is 19.3 Å². The van der Waals surface area contributed by atoms with Crippen molar-refractivity contribution in [1.29, 1.82) is 0 Å². The highest BCUT2D eigenvalue weighted by molar-refractivity contribution is 14.1. The van der Waals surface area contributed by atoms with E-state index in [-0.39, 0.29) is 25.4 Å². The fourth-order valence-electron chi connectivity index (χ4n) is 4.16. The number of amides is 2. The predicted molar refractivity (Wildman–Crippen MR) is 152 cm³/mol. The van der Waals surface area contributed by atoms with Crippen LogP contribution in [-0.2, 0) is 40.0 Å². The van der Waals surface area contributed by atoms with Crippen molar-refractivity contribution in [3.05, 3.63) is 83.1 Å². The van der Waals surface area contributed by atoms with Crippen LogP contribution in [0.1, 0.15) is 17.2 Å². The zero-order chi connectivity index (χ0) is 27.1. The highest BCUT2D eigenvalue weighted by Gasteiger charge is 2.67. The molecule has 2 unspecified atom stereocenters. The lowest BCUT2D eigenvalue weighted by Gasteiger charge is -2.56. The molecule has 0 aromatic heterocycles. The van der Waals surface area contributed by atoms with Crippen molar-refractivity contribution >= 4 is 74.5 Å². The third kappa shape index (κ3) is 5.77. The molecular formula is C26H24BrIN2O7S. The molecule has 0 radical (unpaired) electrons. The Morgan fingerprint density at radius 3 is 2.50 bits per heavy atom. The first-order chi connectivity index (χ1) is 18.5. The lowest BCUT2D eigenvalue weighted by Crippen LogP contribution is -2.81. The molecule has 1 saturated heterocycles. The van der Waals surface area contributed by atoms with Crippen molar-refractivity contribution in [3.8, 4) is 0 Å². The van der Waals surface area contributed by atoms with Crippen LogP contribution in [0, 0.1) is 0 Å². The minimum absolute atomic E-state index is 0.0198. The predicted octanol–water partition coefficient (Wildman–Crippen LogP) is 3.47. The number of esters is 1. The molecule has 0 spiro atoms. The summed E-state index contributed by atoms with van der Waals surface area (Å²) in [7, 11) is 0. The Morgan fingerprint density at radius 2 is 1.87 bits per heavy atom. The molecule has 3 atom stereocenters. The lowest BCUT2D eigenvalue weighted by atomic mass is 9.97. The summed E-state index contributed by atoms with van der Waals surface area (Å²) >= 11 is 6.85. The summed E-state index contributed by atoms with van der Waals surface area (Å²) in [6, 6.07) is 17.7. The number of halogens is 2. The zero-order valence-electron chi connectivity index (χ0n) is 20.0. The van der Waals surface area contributed by atoms with Crippen LogP contribution in [0.3, 0.4) is 0 Å². The van der Waals surface area contributed by atoms with Gasteiger partial charge in [0.1, 0.15) is 17.7 Å². The number of thioether (sulfide) groups is 1. The van der Waals surface area contributed by atoms with Gasteiger partial charge in [0.05, 0.1) is 6.61 Å². The molecule has 2 heterocycles. The van der Waals surface area contributed by atoms with E-state index >= 15 is 0 Å². The molecule has 0 aliphatic carbocycles. The molecular weight excluding hydrogens is 691 g/mol. The number of fused-ring (bicyclic) bond motifs is 1. The van der Waals surface area contributed by atoms with Gasteiger partial charge in [-0.15, -0.1) is 11.8 Å². The van der Waals surface area contributed by atoms with Crippen molar-refractivity contribution in [1.82, 2.24) is 10.2 Å². The molecule has 1 N–H and O–H groups in total. The van der Waals surface area contributed by atoms with E-state index in [0.29, 0.717) is 26.6 Å². The quantitative estimate of drug-likeness (QED) is 0.0890. The number of alkyl halides is 2. The molecule has 0 bridgehead atoms. The van der Waals surface area contributed by atoms with E-state index in [1.165, 1.54) is 16.7 Å². The van der Waals surface area contributed by atoms with Crippen molar-refractivity contribution in [3.63, 3.8) is 0 Å². The van der Waals surface area contributed by atoms with E-state index < -0.39 is 35.0 Å². The van der Waals surface area contributed by atoms with Crippen molar-refractivity contribution in [2.45, 2.75) is 23.8 Å². The molecule has 200 valence electrons. The van der Waals surface area contributed by atoms with Gasteiger partial charge in [0.2, 0.25) is 6.10 Å². The molecule has 2 aliphatic heterocycles. The van der Waals surface area contributed by atoms with Crippen LogP contribution >= 0.6 is 50.3 Å². The number of nitrogens with zero attached hydrogens (tertiary/aromatic N) is 1. The fraction of sp³-hybridized carbons (Fsp3) is 0.308.